The number of halogens is 2. The largest absolute Gasteiger partial charge is 0.496 e. The normalized spacial score (nSPS) is 14.8. The Balaban J connectivity index is 1.37. The van der Waals surface area contributed by atoms with Crippen molar-refractivity contribution in [3.63, 3.8) is 0 Å². The molecule has 3 aromatic carbocycles. The van der Waals surface area contributed by atoms with Crippen molar-refractivity contribution in [1.82, 2.24) is 10.2 Å². The zero-order valence-electron chi connectivity index (χ0n) is 18.7. The van der Waals surface area contributed by atoms with Gasteiger partial charge in [-0.1, -0.05) is 48.0 Å². The van der Waals surface area contributed by atoms with E-state index < -0.39 is 0 Å². The Bertz CT molecular complexity index is 1100. The summed E-state index contributed by atoms with van der Waals surface area (Å²) in [6.45, 7) is 3.26. The van der Waals surface area contributed by atoms with Gasteiger partial charge in [-0.15, -0.1) is 0 Å². The van der Waals surface area contributed by atoms with Crippen LogP contribution in [0.3, 0.4) is 0 Å². The molecule has 1 N–H and O–H groups in total. The van der Waals surface area contributed by atoms with Crippen molar-refractivity contribution in [1.29, 1.82) is 0 Å². The highest BCUT2D eigenvalue weighted by molar-refractivity contribution is 6.31. The molecule has 1 aliphatic rings. The molecule has 0 aliphatic carbocycles. The van der Waals surface area contributed by atoms with Crippen LogP contribution in [0.1, 0.15) is 45.8 Å². The first-order valence-corrected chi connectivity index (χ1v) is 11.6. The summed E-state index contributed by atoms with van der Waals surface area (Å²) in [5.74, 6) is 0.537. The molecule has 33 heavy (non-hydrogen) atoms. The number of hydrogen-bond donors (Lipinski definition) is 1. The first-order chi connectivity index (χ1) is 16.0. The summed E-state index contributed by atoms with van der Waals surface area (Å²) < 4.78 is 18.5. The highest BCUT2D eigenvalue weighted by Crippen LogP contribution is 2.31. The second-order valence-corrected chi connectivity index (χ2v) is 8.84. The average molecular weight is 467 g/mol. The molecule has 1 fully saturated rings. The van der Waals surface area contributed by atoms with Crippen LogP contribution in [0.25, 0.3) is 0 Å². The zero-order valence-corrected chi connectivity index (χ0v) is 19.4. The van der Waals surface area contributed by atoms with E-state index >= 15 is 0 Å². The van der Waals surface area contributed by atoms with Gasteiger partial charge >= 0.3 is 0 Å². The van der Waals surface area contributed by atoms with Gasteiger partial charge in [-0.2, -0.15) is 0 Å². The van der Waals surface area contributed by atoms with Crippen LogP contribution in [0.15, 0.2) is 66.7 Å². The number of methoxy groups -OCH3 is 1. The fourth-order valence-electron chi connectivity index (χ4n) is 4.47. The molecule has 1 aliphatic heterocycles. The SMILES string of the molecule is COc1ccc(Cl)cc1C(=O)NCc1ccccc1C1CCN(Cc2ccc(F)cc2)CC1. The summed E-state index contributed by atoms with van der Waals surface area (Å²) in [5, 5.41) is 3.52. The van der Waals surface area contributed by atoms with E-state index in [4.69, 9.17) is 16.3 Å². The summed E-state index contributed by atoms with van der Waals surface area (Å²) in [4.78, 5) is 15.2. The van der Waals surface area contributed by atoms with Crippen LogP contribution in [0.2, 0.25) is 5.02 Å². The third-order valence-corrected chi connectivity index (χ3v) is 6.48. The number of carbonyl (C=O) groups excluding carboxylic acids is 1. The third-order valence-electron chi connectivity index (χ3n) is 6.25. The second-order valence-electron chi connectivity index (χ2n) is 8.40. The van der Waals surface area contributed by atoms with E-state index in [0.29, 0.717) is 28.8 Å². The van der Waals surface area contributed by atoms with Gasteiger partial charge in [0.1, 0.15) is 11.6 Å². The highest BCUT2D eigenvalue weighted by Gasteiger charge is 2.23. The van der Waals surface area contributed by atoms with Crippen molar-refractivity contribution < 1.29 is 13.9 Å². The van der Waals surface area contributed by atoms with Gasteiger partial charge in [0, 0.05) is 18.1 Å². The molecule has 1 saturated heterocycles. The molecule has 0 atom stereocenters. The molecule has 1 amide bonds. The lowest BCUT2D eigenvalue weighted by Gasteiger charge is -2.33. The Labute approximate surface area is 199 Å². The monoisotopic (exact) mass is 466 g/mol. The van der Waals surface area contributed by atoms with E-state index in [1.54, 1.807) is 18.2 Å². The Morgan fingerprint density at radius 2 is 1.82 bits per heavy atom. The molecule has 0 saturated carbocycles. The molecule has 0 spiro atoms. The van der Waals surface area contributed by atoms with E-state index in [-0.39, 0.29) is 11.7 Å². The van der Waals surface area contributed by atoms with Crippen LogP contribution < -0.4 is 10.1 Å². The molecule has 172 valence electrons. The van der Waals surface area contributed by atoms with Gasteiger partial charge < -0.3 is 10.1 Å². The lowest BCUT2D eigenvalue weighted by Crippen LogP contribution is -2.33. The molecule has 4 nitrogen and oxygen atoms in total. The minimum absolute atomic E-state index is 0.199. The topological polar surface area (TPSA) is 41.6 Å². The van der Waals surface area contributed by atoms with Gasteiger partial charge in [-0.3, -0.25) is 9.69 Å². The minimum atomic E-state index is -0.210. The molecule has 4 rings (SSSR count). The van der Waals surface area contributed by atoms with Crippen molar-refractivity contribution >= 4 is 17.5 Å². The molecule has 0 radical (unpaired) electrons. The first kappa shape index (κ1) is 23.3. The number of hydrogen-bond acceptors (Lipinski definition) is 3. The Morgan fingerprint density at radius 1 is 1.09 bits per heavy atom. The van der Waals surface area contributed by atoms with E-state index in [1.807, 2.05) is 18.2 Å². The van der Waals surface area contributed by atoms with Crippen molar-refractivity contribution in [2.75, 3.05) is 20.2 Å². The summed E-state index contributed by atoms with van der Waals surface area (Å²) in [6.07, 6.45) is 2.10. The molecule has 0 aromatic heterocycles. The number of piperidine rings is 1. The lowest BCUT2D eigenvalue weighted by atomic mass is 9.86. The highest BCUT2D eigenvalue weighted by atomic mass is 35.5. The quantitative estimate of drug-likeness (QED) is 0.478. The summed E-state index contributed by atoms with van der Waals surface area (Å²) in [7, 11) is 1.54. The summed E-state index contributed by atoms with van der Waals surface area (Å²) >= 11 is 6.08. The van der Waals surface area contributed by atoms with E-state index in [0.717, 1.165) is 43.6 Å². The van der Waals surface area contributed by atoms with Crippen molar-refractivity contribution in [3.8, 4) is 5.75 Å². The van der Waals surface area contributed by atoms with Crippen LogP contribution >= 0.6 is 11.6 Å². The second kappa shape index (κ2) is 10.8. The zero-order chi connectivity index (χ0) is 23.2. The van der Waals surface area contributed by atoms with Gasteiger partial charge in [0.25, 0.3) is 5.91 Å². The van der Waals surface area contributed by atoms with Gasteiger partial charge in [0.2, 0.25) is 0 Å². The maximum atomic E-state index is 13.2. The van der Waals surface area contributed by atoms with Gasteiger partial charge in [0.05, 0.1) is 12.7 Å². The van der Waals surface area contributed by atoms with E-state index in [1.165, 1.54) is 24.8 Å². The predicted molar refractivity (Wildman–Crippen MR) is 129 cm³/mol. The average Bonchev–Trinajstić information content (AvgIpc) is 2.84. The number of benzene rings is 3. The fraction of sp³-hybridized carbons (Fsp3) is 0.296. The lowest BCUT2D eigenvalue weighted by molar-refractivity contribution is 0.0947. The molecular weight excluding hydrogens is 439 g/mol. The number of nitrogens with one attached hydrogen (secondary N) is 1. The van der Waals surface area contributed by atoms with Gasteiger partial charge in [0.15, 0.2) is 0 Å². The van der Waals surface area contributed by atoms with Crippen LogP contribution in [-0.2, 0) is 13.1 Å². The smallest absolute Gasteiger partial charge is 0.255 e. The maximum absolute atomic E-state index is 13.2. The number of nitrogens with zero attached hydrogens (tertiary/aromatic N) is 1. The summed E-state index contributed by atoms with van der Waals surface area (Å²) in [5.41, 5.74) is 3.98. The number of rotatable bonds is 7. The third kappa shape index (κ3) is 5.92. The molecule has 1 heterocycles. The Morgan fingerprint density at radius 3 is 2.55 bits per heavy atom. The Hall–Kier alpha value is -2.89. The first-order valence-electron chi connectivity index (χ1n) is 11.2. The number of ether oxygens (including phenoxy) is 1. The van der Waals surface area contributed by atoms with Crippen LogP contribution in [-0.4, -0.2) is 31.0 Å². The van der Waals surface area contributed by atoms with E-state index in [2.05, 4.69) is 28.4 Å². The Kier molecular flexibility index (Phi) is 7.63. The van der Waals surface area contributed by atoms with Gasteiger partial charge in [-0.25, -0.2) is 4.39 Å². The van der Waals surface area contributed by atoms with E-state index in [9.17, 15) is 9.18 Å². The molecule has 3 aromatic rings. The molecule has 0 unspecified atom stereocenters. The molecule has 6 heteroatoms. The maximum Gasteiger partial charge on any atom is 0.255 e. The predicted octanol–water partition coefficient (Wildman–Crippen LogP) is 5.80. The summed E-state index contributed by atoms with van der Waals surface area (Å²) in [6, 6.07) is 20.1. The van der Waals surface area contributed by atoms with Crippen molar-refractivity contribution in [3.05, 3.63) is 99.8 Å². The van der Waals surface area contributed by atoms with Crippen molar-refractivity contribution in [2.24, 2.45) is 0 Å². The minimum Gasteiger partial charge on any atom is -0.496 e. The van der Waals surface area contributed by atoms with Crippen LogP contribution in [0.5, 0.6) is 5.75 Å². The van der Waals surface area contributed by atoms with Crippen LogP contribution in [0, 0.1) is 5.82 Å². The molecule has 0 bridgehead atoms. The number of amides is 1. The standard InChI is InChI=1S/C27H28ClFN2O2/c1-33-26-11-8-22(28)16-25(26)27(32)30-17-21-4-2-3-5-24(21)20-12-14-31(15-13-20)18-19-6-9-23(29)10-7-19/h2-11,16,20H,12-15,17-18H2,1H3,(H,30,32). The number of carbonyl (C=O) groups is 1. The van der Waals surface area contributed by atoms with Gasteiger partial charge in [-0.05, 0) is 78.9 Å². The number of likely N-dealkylation sites (tertiary alicyclic amines) is 1. The van der Waals surface area contributed by atoms with Crippen LogP contribution in [0.4, 0.5) is 4.39 Å². The van der Waals surface area contributed by atoms with Crippen molar-refractivity contribution in [2.45, 2.75) is 31.8 Å². The fourth-order valence-corrected chi connectivity index (χ4v) is 4.64. The molecular formula is C27H28ClFN2O2.